The second kappa shape index (κ2) is 6.75. The third-order valence-corrected chi connectivity index (χ3v) is 4.40. The Kier molecular flexibility index (Phi) is 4.27. The monoisotopic (exact) mass is 362 g/mol. The Bertz CT molecular complexity index is 1090. The topological polar surface area (TPSA) is 61.4 Å². The number of aryl methyl sites for hydroxylation is 3. The zero-order chi connectivity index (χ0) is 19.0. The third-order valence-electron chi connectivity index (χ3n) is 4.40. The largest absolute Gasteiger partial charge is 0.241 e. The van der Waals surface area contributed by atoms with Crippen LogP contribution in [-0.4, -0.2) is 29.5 Å². The maximum absolute atomic E-state index is 13.1. The van der Waals surface area contributed by atoms with E-state index < -0.39 is 0 Å². The van der Waals surface area contributed by atoms with Crippen molar-refractivity contribution in [3.8, 4) is 11.5 Å². The number of aromatic nitrogens is 6. The Morgan fingerprint density at radius 2 is 1.74 bits per heavy atom. The van der Waals surface area contributed by atoms with Crippen LogP contribution in [0.25, 0.3) is 11.5 Å². The van der Waals surface area contributed by atoms with Crippen LogP contribution in [0.5, 0.6) is 0 Å². The van der Waals surface area contributed by atoms with E-state index in [0.717, 1.165) is 39.8 Å². The van der Waals surface area contributed by atoms with Gasteiger partial charge >= 0.3 is 0 Å². The normalized spacial score (nSPS) is 11.1. The number of rotatable bonds is 4. The Hall–Kier alpha value is -3.35. The van der Waals surface area contributed by atoms with Crippen molar-refractivity contribution < 1.29 is 4.39 Å². The van der Waals surface area contributed by atoms with Gasteiger partial charge in [0, 0.05) is 24.4 Å². The van der Waals surface area contributed by atoms with E-state index in [2.05, 4.69) is 20.2 Å². The zero-order valence-electron chi connectivity index (χ0n) is 15.4. The van der Waals surface area contributed by atoms with Gasteiger partial charge in [-0.05, 0) is 56.7 Å². The Balaban J connectivity index is 1.62. The highest BCUT2D eigenvalue weighted by Crippen LogP contribution is 2.17. The molecule has 7 heteroatoms. The van der Waals surface area contributed by atoms with E-state index in [-0.39, 0.29) is 5.82 Å². The molecule has 0 bridgehead atoms. The molecule has 3 aromatic heterocycles. The van der Waals surface area contributed by atoms with Crippen LogP contribution in [0.4, 0.5) is 4.39 Å². The molecule has 0 unspecified atom stereocenters. The van der Waals surface area contributed by atoms with Gasteiger partial charge in [0.1, 0.15) is 12.1 Å². The van der Waals surface area contributed by atoms with Gasteiger partial charge in [0.2, 0.25) is 0 Å². The van der Waals surface area contributed by atoms with Crippen molar-refractivity contribution in [1.29, 1.82) is 0 Å². The number of halogens is 1. The first-order valence-electron chi connectivity index (χ1n) is 8.65. The van der Waals surface area contributed by atoms with E-state index >= 15 is 0 Å². The lowest BCUT2D eigenvalue weighted by Gasteiger charge is -2.05. The van der Waals surface area contributed by atoms with Crippen LogP contribution in [0.3, 0.4) is 0 Å². The van der Waals surface area contributed by atoms with Gasteiger partial charge in [0.05, 0.1) is 22.8 Å². The molecule has 0 radical (unpaired) electrons. The molecular weight excluding hydrogens is 343 g/mol. The van der Waals surface area contributed by atoms with Crippen molar-refractivity contribution in [3.05, 3.63) is 83.1 Å². The summed E-state index contributed by atoms with van der Waals surface area (Å²) in [6, 6.07) is 10.2. The lowest BCUT2D eigenvalue weighted by molar-refractivity contribution is 0.627. The van der Waals surface area contributed by atoms with Gasteiger partial charge in [-0.25, -0.2) is 23.7 Å². The van der Waals surface area contributed by atoms with Crippen LogP contribution >= 0.6 is 0 Å². The van der Waals surface area contributed by atoms with E-state index in [1.165, 1.54) is 12.1 Å². The lowest BCUT2D eigenvalue weighted by atomic mass is 10.1. The van der Waals surface area contributed by atoms with E-state index in [1.807, 2.05) is 43.8 Å². The summed E-state index contributed by atoms with van der Waals surface area (Å²) in [7, 11) is 0. The molecule has 0 fully saturated rings. The van der Waals surface area contributed by atoms with Gasteiger partial charge in [-0.3, -0.25) is 0 Å². The van der Waals surface area contributed by atoms with Gasteiger partial charge in [-0.15, -0.1) is 0 Å². The molecule has 0 aliphatic heterocycles. The number of nitrogens with zero attached hydrogens (tertiary/aromatic N) is 6. The number of hydrogen-bond donors (Lipinski definition) is 0. The first-order chi connectivity index (χ1) is 13.0. The van der Waals surface area contributed by atoms with Crippen LogP contribution in [0, 0.1) is 26.6 Å². The molecule has 4 rings (SSSR count). The minimum absolute atomic E-state index is 0.263. The fraction of sp³-hybridized carbons (Fsp3) is 0.200. The van der Waals surface area contributed by atoms with Crippen LogP contribution in [0.2, 0.25) is 0 Å². The highest BCUT2D eigenvalue weighted by molar-refractivity contribution is 5.35. The predicted molar refractivity (Wildman–Crippen MR) is 99.7 cm³/mol. The molecule has 0 N–H and O–H groups in total. The fourth-order valence-corrected chi connectivity index (χ4v) is 3.05. The molecule has 0 atom stereocenters. The van der Waals surface area contributed by atoms with Gasteiger partial charge in [0.25, 0.3) is 0 Å². The molecule has 1 aromatic carbocycles. The molecule has 136 valence electrons. The highest BCUT2D eigenvalue weighted by Gasteiger charge is 2.11. The molecule has 0 aliphatic rings. The second-order valence-electron chi connectivity index (χ2n) is 6.54. The van der Waals surface area contributed by atoms with Gasteiger partial charge in [-0.1, -0.05) is 0 Å². The molecular formula is C20H19FN6. The molecule has 0 saturated carbocycles. The molecule has 3 heterocycles. The summed E-state index contributed by atoms with van der Waals surface area (Å²) in [5, 5.41) is 9.01. The maximum atomic E-state index is 13.1. The predicted octanol–water partition coefficient (Wildman–Crippen LogP) is 3.50. The molecule has 0 spiro atoms. The molecule has 0 aliphatic carbocycles. The van der Waals surface area contributed by atoms with Crippen molar-refractivity contribution in [2.24, 2.45) is 0 Å². The summed E-state index contributed by atoms with van der Waals surface area (Å²) in [6.07, 6.45) is 4.14. The van der Waals surface area contributed by atoms with Crippen molar-refractivity contribution in [2.75, 3.05) is 0 Å². The molecule has 27 heavy (non-hydrogen) atoms. The molecule has 4 aromatic rings. The summed E-state index contributed by atoms with van der Waals surface area (Å²) in [4.78, 5) is 8.73. The maximum Gasteiger partial charge on any atom is 0.157 e. The first kappa shape index (κ1) is 17.1. The van der Waals surface area contributed by atoms with Crippen molar-refractivity contribution in [3.63, 3.8) is 0 Å². The van der Waals surface area contributed by atoms with E-state index in [4.69, 9.17) is 0 Å². The average molecular weight is 362 g/mol. The Morgan fingerprint density at radius 1 is 0.963 bits per heavy atom. The van der Waals surface area contributed by atoms with Crippen molar-refractivity contribution in [1.82, 2.24) is 29.5 Å². The summed E-state index contributed by atoms with van der Waals surface area (Å²) in [6.45, 7) is 5.91. The molecule has 6 nitrogen and oxygen atoms in total. The van der Waals surface area contributed by atoms with Crippen molar-refractivity contribution >= 4 is 0 Å². The summed E-state index contributed by atoms with van der Waals surface area (Å²) < 4.78 is 16.7. The second-order valence-corrected chi connectivity index (χ2v) is 6.54. The summed E-state index contributed by atoms with van der Waals surface area (Å²) >= 11 is 0. The van der Waals surface area contributed by atoms with Crippen LogP contribution in [0.15, 0.2) is 48.9 Å². The molecule has 0 saturated heterocycles. The zero-order valence-corrected chi connectivity index (χ0v) is 15.4. The van der Waals surface area contributed by atoms with Crippen LogP contribution in [0.1, 0.15) is 28.3 Å². The van der Waals surface area contributed by atoms with E-state index in [0.29, 0.717) is 6.42 Å². The van der Waals surface area contributed by atoms with Gasteiger partial charge in [-0.2, -0.15) is 10.2 Å². The van der Waals surface area contributed by atoms with Crippen molar-refractivity contribution in [2.45, 2.75) is 27.2 Å². The SMILES string of the molecule is Cc1cc(C)n(-c2cc(Cc3cn(-c4ccc(F)cc4)nc3C)ncn2)n1. The van der Waals surface area contributed by atoms with E-state index in [1.54, 1.807) is 23.1 Å². The highest BCUT2D eigenvalue weighted by atomic mass is 19.1. The van der Waals surface area contributed by atoms with Crippen LogP contribution in [-0.2, 0) is 6.42 Å². The standard InChI is InChI=1S/C20H19FN6/c1-13-8-14(2)27(24-13)20-10-18(22-12-23-20)9-16-11-26(25-15(16)3)19-6-4-17(21)5-7-19/h4-8,10-12H,9H2,1-3H3. The fourth-order valence-electron chi connectivity index (χ4n) is 3.05. The number of benzene rings is 1. The smallest absolute Gasteiger partial charge is 0.157 e. The summed E-state index contributed by atoms with van der Waals surface area (Å²) in [5.74, 6) is 0.481. The third kappa shape index (κ3) is 3.48. The van der Waals surface area contributed by atoms with E-state index in [9.17, 15) is 4.39 Å². The summed E-state index contributed by atoms with van der Waals surface area (Å²) in [5.41, 5.74) is 5.63. The first-order valence-corrected chi connectivity index (χ1v) is 8.65. The quantitative estimate of drug-likeness (QED) is 0.557. The lowest BCUT2D eigenvalue weighted by Crippen LogP contribution is -2.04. The Morgan fingerprint density at radius 3 is 2.44 bits per heavy atom. The minimum Gasteiger partial charge on any atom is -0.241 e. The Labute approximate surface area is 156 Å². The minimum atomic E-state index is -0.263. The average Bonchev–Trinajstić information content (AvgIpc) is 3.18. The molecule has 0 amide bonds. The van der Waals surface area contributed by atoms with Crippen LogP contribution < -0.4 is 0 Å². The number of hydrogen-bond acceptors (Lipinski definition) is 4. The van der Waals surface area contributed by atoms with Gasteiger partial charge < -0.3 is 0 Å². The van der Waals surface area contributed by atoms with Gasteiger partial charge in [0.15, 0.2) is 5.82 Å².